The van der Waals surface area contributed by atoms with E-state index in [9.17, 15) is 19.5 Å². The molecule has 0 aromatic heterocycles. The SMILES string of the molecule is COc1cc(C=CC(=O)OC(C)C(=O)Nc2cccc(C(C)=O)c2)ccc1O. The topological polar surface area (TPSA) is 102 Å². The third-order valence-electron chi connectivity index (χ3n) is 3.81. The summed E-state index contributed by atoms with van der Waals surface area (Å²) in [5.41, 5.74) is 1.52. The minimum Gasteiger partial charge on any atom is -0.504 e. The molecule has 0 saturated carbocycles. The van der Waals surface area contributed by atoms with Gasteiger partial charge < -0.3 is 19.9 Å². The number of ether oxygens (including phenoxy) is 2. The quantitative estimate of drug-likeness (QED) is 0.433. The second kappa shape index (κ2) is 9.36. The number of hydrogen-bond acceptors (Lipinski definition) is 6. The molecule has 0 radical (unpaired) electrons. The minimum atomic E-state index is -1.03. The van der Waals surface area contributed by atoms with Gasteiger partial charge in [-0.2, -0.15) is 0 Å². The zero-order valence-electron chi connectivity index (χ0n) is 15.8. The number of benzene rings is 2. The van der Waals surface area contributed by atoms with E-state index in [1.807, 2.05) is 0 Å². The van der Waals surface area contributed by atoms with E-state index in [0.29, 0.717) is 16.8 Å². The largest absolute Gasteiger partial charge is 0.504 e. The van der Waals surface area contributed by atoms with Gasteiger partial charge in [0.05, 0.1) is 7.11 Å². The molecular formula is C21H21NO6. The Hall–Kier alpha value is -3.61. The molecule has 2 rings (SSSR count). The normalized spacial score (nSPS) is 11.7. The number of Topliss-reactive ketones (excluding diaryl/α,β-unsaturated/α-hetero) is 1. The van der Waals surface area contributed by atoms with Crippen molar-refractivity contribution < 1.29 is 29.0 Å². The first-order valence-corrected chi connectivity index (χ1v) is 8.47. The Morgan fingerprint density at radius 1 is 1.14 bits per heavy atom. The first-order valence-electron chi connectivity index (χ1n) is 8.47. The first kappa shape index (κ1) is 20.7. The van der Waals surface area contributed by atoms with Crippen molar-refractivity contribution >= 4 is 29.4 Å². The summed E-state index contributed by atoms with van der Waals surface area (Å²) >= 11 is 0. The Morgan fingerprint density at radius 2 is 1.89 bits per heavy atom. The summed E-state index contributed by atoms with van der Waals surface area (Å²) in [6.45, 7) is 2.88. The molecule has 1 atom stereocenters. The summed E-state index contributed by atoms with van der Waals surface area (Å²) in [5, 5.41) is 12.2. The Kier molecular flexibility index (Phi) is 6.92. The van der Waals surface area contributed by atoms with E-state index in [2.05, 4.69) is 5.32 Å². The van der Waals surface area contributed by atoms with Crippen LogP contribution in [0.15, 0.2) is 48.5 Å². The van der Waals surface area contributed by atoms with Gasteiger partial charge in [0.2, 0.25) is 0 Å². The van der Waals surface area contributed by atoms with Crippen LogP contribution in [0.1, 0.15) is 29.8 Å². The molecule has 28 heavy (non-hydrogen) atoms. The third-order valence-corrected chi connectivity index (χ3v) is 3.81. The van der Waals surface area contributed by atoms with Crippen molar-refractivity contribution in [3.63, 3.8) is 0 Å². The molecule has 2 aromatic rings. The smallest absolute Gasteiger partial charge is 0.331 e. The highest BCUT2D eigenvalue weighted by Crippen LogP contribution is 2.26. The highest BCUT2D eigenvalue weighted by atomic mass is 16.5. The van der Waals surface area contributed by atoms with E-state index < -0.39 is 18.0 Å². The van der Waals surface area contributed by atoms with E-state index in [4.69, 9.17) is 9.47 Å². The Labute approximate surface area is 162 Å². The van der Waals surface area contributed by atoms with Crippen LogP contribution in [0.4, 0.5) is 5.69 Å². The van der Waals surface area contributed by atoms with Crippen LogP contribution in [-0.4, -0.2) is 36.0 Å². The van der Waals surface area contributed by atoms with Gasteiger partial charge in [-0.15, -0.1) is 0 Å². The maximum absolute atomic E-state index is 12.2. The second-order valence-corrected chi connectivity index (χ2v) is 5.97. The third kappa shape index (κ3) is 5.70. The lowest BCUT2D eigenvalue weighted by atomic mass is 10.1. The summed E-state index contributed by atoms with van der Waals surface area (Å²) in [6, 6.07) is 11.1. The highest BCUT2D eigenvalue weighted by molar-refractivity contribution is 5.99. The Balaban J connectivity index is 1.95. The monoisotopic (exact) mass is 383 g/mol. The van der Waals surface area contributed by atoms with Gasteiger partial charge in [0, 0.05) is 17.3 Å². The fourth-order valence-corrected chi connectivity index (χ4v) is 2.29. The van der Waals surface area contributed by atoms with Crippen molar-refractivity contribution in [1.29, 1.82) is 0 Å². The number of carbonyl (C=O) groups is 3. The summed E-state index contributed by atoms with van der Waals surface area (Å²) in [4.78, 5) is 35.5. The lowest BCUT2D eigenvalue weighted by Crippen LogP contribution is -2.29. The average molecular weight is 383 g/mol. The Morgan fingerprint density at radius 3 is 2.57 bits per heavy atom. The lowest BCUT2D eigenvalue weighted by molar-refractivity contribution is -0.148. The highest BCUT2D eigenvalue weighted by Gasteiger charge is 2.17. The van der Waals surface area contributed by atoms with E-state index in [1.165, 1.54) is 39.2 Å². The number of rotatable bonds is 7. The van der Waals surface area contributed by atoms with Crippen LogP contribution in [0.2, 0.25) is 0 Å². The van der Waals surface area contributed by atoms with E-state index in [0.717, 1.165) is 0 Å². The maximum atomic E-state index is 12.2. The van der Waals surface area contributed by atoms with Crippen molar-refractivity contribution in [2.24, 2.45) is 0 Å². The number of anilines is 1. The number of carbonyl (C=O) groups excluding carboxylic acids is 3. The van der Waals surface area contributed by atoms with Crippen LogP contribution in [0.3, 0.4) is 0 Å². The number of ketones is 1. The van der Waals surface area contributed by atoms with Gasteiger partial charge in [-0.05, 0) is 49.8 Å². The number of esters is 1. The number of nitrogens with one attached hydrogen (secondary N) is 1. The number of amides is 1. The molecule has 146 valence electrons. The molecule has 0 spiro atoms. The van der Waals surface area contributed by atoms with Crippen LogP contribution >= 0.6 is 0 Å². The molecule has 0 fully saturated rings. The molecule has 7 nitrogen and oxygen atoms in total. The predicted molar refractivity (Wildman–Crippen MR) is 104 cm³/mol. The van der Waals surface area contributed by atoms with Gasteiger partial charge in [-0.25, -0.2) is 4.79 Å². The van der Waals surface area contributed by atoms with Gasteiger partial charge in [0.15, 0.2) is 23.4 Å². The Bertz CT molecular complexity index is 919. The molecule has 0 aliphatic rings. The second-order valence-electron chi connectivity index (χ2n) is 5.97. The molecule has 0 heterocycles. The summed E-state index contributed by atoms with van der Waals surface area (Å²) in [7, 11) is 1.42. The number of methoxy groups -OCH3 is 1. The number of hydrogen-bond donors (Lipinski definition) is 2. The zero-order chi connectivity index (χ0) is 20.7. The molecule has 0 aliphatic heterocycles. The number of aromatic hydroxyl groups is 1. The zero-order valence-corrected chi connectivity index (χ0v) is 15.8. The lowest BCUT2D eigenvalue weighted by Gasteiger charge is -2.12. The standard InChI is InChI=1S/C21H21NO6/c1-13(23)16-5-4-6-17(12-16)22-21(26)14(2)28-20(25)10-8-15-7-9-18(24)19(11-15)27-3/h4-12,14,24H,1-3H3,(H,22,26). The van der Waals surface area contributed by atoms with Gasteiger partial charge >= 0.3 is 5.97 Å². The summed E-state index contributed by atoms with van der Waals surface area (Å²) < 4.78 is 10.1. The van der Waals surface area contributed by atoms with Crippen LogP contribution < -0.4 is 10.1 Å². The molecule has 2 N–H and O–H groups in total. The molecule has 7 heteroatoms. The van der Waals surface area contributed by atoms with Crippen LogP contribution in [0.5, 0.6) is 11.5 Å². The molecule has 0 bridgehead atoms. The molecule has 0 saturated heterocycles. The van der Waals surface area contributed by atoms with Gasteiger partial charge in [0.25, 0.3) is 5.91 Å². The average Bonchev–Trinajstić information content (AvgIpc) is 2.67. The fourth-order valence-electron chi connectivity index (χ4n) is 2.29. The summed E-state index contributed by atoms with van der Waals surface area (Å²) in [5.74, 6) is -1.08. The molecule has 1 unspecified atom stereocenters. The van der Waals surface area contributed by atoms with Gasteiger partial charge in [-0.1, -0.05) is 18.2 Å². The van der Waals surface area contributed by atoms with Crippen molar-refractivity contribution in [2.75, 3.05) is 12.4 Å². The molecule has 2 aromatic carbocycles. The van der Waals surface area contributed by atoms with Gasteiger partial charge in [0.1, 0.15) is 0 Å². The molecule has 0 aliphatic carbocycles. The van der Waals surface area contributed by atoms with Crippen LogP contribution in [-0.2, 0) is 14.3 Å². The van der Waals surface area contributed by atoms with E-state index >= 15 is 0 Å². The van der Waals surface area contributed by atoms with Crippen molar-refractivity contribution in [3.05, 3.63) is 59.7 Å². The fraction of sp³-hybridized carbons (Fsp3) is 0.190. The summed E-state index contributed by atoms with van der Waals surface area (Å²) in [6.07, 6.45) is 1.62. The molecule has 1 amide bonds. The van der Waals surface area contributed by atoms with Crippen molar-refractivity contribution in [3.8, 4) is 11.5 Å². The minimum absolute atomic E-state index is 0.0126. The van der Waals surface area contributed by atoms with Crippen molar-refractivity contribution in [2.45, 2.75) is 20.0 Å². The van der Waals surface area contributed by atoms with E-state index in [1.54, 1.807) is 36.4 Å². The maximum Gasteiger partial charge on any atom is 0.331 e. The number of phenolic OH excluding ortho intramolecular Hbond substituents is 1. The first-order chi connectivity index (χ1) is 13.3. The van der Waals surface area contributed by atoms with Crippen molar-refractivity contribution in [1.82, 2.24) is 0 Å². The van der Waals surface area contributed by atoms with Gasteiger partial charge in [-0.3, -0.25) is 9.59 Å². The number of phenols is 1. The molecular weight excluding hydrogens is 362 g/mol. The predicted octanol–water partition coefficient (Wildman–Crippen LogP) is 3.19. The van der Waals surface area contributed by atoms with Crippen LogP contribution in [0, 0.1) is 0 Å². The van der Waals surface area contributed by atoms with Crippen LogP contribution in [0.25, 0.3) is 6.08 Å². The van der Waals surface area contributed by atoms with E-state index in [-0.39, 0.29) is 17.3 Å².